The van der Waals surface area contributed by atoms with Gasteiger partial charge in [0.2, 0.25) is 0 Å². The largest absolute Gasteiger partial charge is 0.497 e. The van der Waals surface area contributed by atoms with Crippen molar-refractivity contribution in [3.8, 4) is 11.4 Å². The first-order chi connectivity index (χ1) is 10.5. The quantitative estimate of drug-likeness (QED) is 0.890. The molecule has 2 N–H and O–H groups in total. The zero-order chi connectivity index (χ0) is 16.3. The number of ether oxygens (including phenoxy) is 1. The van der Waals surface area contributed by atoms with E-state index in [2.05, 4.69) is 10.3 Å². The molecule has 1 aromatic carbocycles. The van der Waals surface area contributed by atoms with E-state index in [1.54, 1.807) is 23.7 Å². The van der Waals surface area contributed by atoms with Gasteiger partial charge in [0, 0.05) is 19.6 Å². The number of carbonyl (C=O) groups excluding carboxylic acids is 1. The van der Waals surface area contributed by atoms with E-state index in [9.17, 15) is 4.79 Å². The van der Waals surface area contributed by atoms with Gasteiger partial charge in [0.1, 0.15) is 5.75 Å². The highest BCUT2D eigenvalue weighted by Gasteiger charge is 2.23. The molecule has 0 aliphatic rings. The third-order valence-electron chi connectivity index (χ3n) is 3.74. The van der Waals surface area contributed by atoms with Crippen molar-refractivity contribution in [2.75, 3.05) is 20.7 Å². The van der Waals surface area contributed by atoms with Crippen LogP contribution in [-0.4, -0.2) is 52.5 Å². The van der Waals surface area contributed by atoms with Crippen LogP contribution in [0, 0.1) is 6.92 Å². The third-order valence-corrected chi connectivity index (χ3v) is 3.74. The van der Waals surface area contributed by atoms with Gasteiger partial charge in [-0.15, -0.1) is 5.10 Å². The number of rotatable bonds is 5. The van der Waals surface area contributed by atoms with Gasteiger partial charge in [-0.3, -0.25) is 4.79 Å². The molecular formula is C15H21N5O2. The van der Waals surface area contributed by atoms with Crippen LogP contribution in [0.25, 0.3) is 5.69 Å². The van der Waals surface area contributed by atoms with Gasteiger partial charge in [-0.25, -0.2) is 4.68 Å². The number of carbonyl (C=O) groups is 1. The molecule has 22 heavy (non-hydrogen) atoms. The summed E-state index contributed by atoms with van der Waals surface area (Å²) >= 11 is 0. The molecule has 118 valence electrons. The number of amides is 1. The van der Waals surface area contributed by atoms with E-state index in [0.29, 0.717) is 17.9 Å². The average Bonchev–Trinajstić information content (AvgIpc) is 2.94. The van der Waals surface area contributed by atoms with Gasteiger partial charge in [0.25, 0.3) is 5.91 Å². The summed E-state index contributed by atoms with van der Waals surface area (Å²) in [6.07, 6.45) is 0. The molecule has 0 aliphatic heterocycles. The van der Waals surface area contributed by atoms with E-state index in [1.807, 2.05) is 38.1 Å². The maximum atomic E-state index is 12.4. The number of hydrogen-bond acceptors (Lipinski definition) is 5. The van der Waals surface area contributed by atoms with Crippen molar-refractivity contribution in [1.82, 2.24) is 19.9 Å². The Kier molecular flexibility index (Phi) is 4.77. The number of hydrogen-bond donors (Lipinski definition) is 1. The number of methoxy groups -OCH3 is 1. The summed E-state index contributed by atoms with van der Waals surface area (Å²) in [6, 6.07) is 7.33. The fraction of sp³-hybridized carbons (Fsp3) is 0.400. The lowest BCUT2D eigenvalue weighted by molar-refractivity contribution is 0.0741. The van der Waals surface area contributed by atoms with Gasteiger partial charge in [-0.1, -0.05) is 5.21 Å². The zero-order valence-electron chi connectivity index (χ0n) is 13.3. The van der Waals surface area contributed by atoms with E-state index in [1.165, 1.54) is 0 Å². The number of aromatic nitrogens is 3. The van der Waals surface area contributed by atoms with Crippen LogP contribution in [0.15, 0.2) is 24.3 Å². The second kappa shape index (κ2) is 6.57. The summed E-state index contributed by atoms with van der Waals surface area (Å²) in [5, 5.41) is 8.10. The molecule has 7 heteroatoms. The Labute approximate surface area is 129 Å². The molecule has 7 nitrogen and oxygen atoms in total. The molecule has 0 radical (unpaired) electrons. The highest BCUT2D eigenvalue weighted by atomic mass is 16.5. The molecular weight excluding hydrogens is 282 g/mol. The van der Waals surface area contributed by atoms with Gasteiger partial charge in [0.15, 0.2) is 5.69 Å². The fourth-order valence-electron chi connectivity index (χ4n) is 2.02. The first kappa shape index (κ1) is 16.0. The molecule has 1 amide bonds. The summed E-state index contributed by atoms with van der Waals surface area (Å²) in [5.74, 6) is 0.574. The summed E-state index contributed by atoms with van der Waals surface area (Å²) < 4.78 is 6.76. The summed E-state index contributed by atoms with van der Waals surface area (Å²) in [4.78, 5) is 14.0. The Morgan fingerprint density at radius 2 is 2.05 bits per heavy atom. The zero-order valence-corrected chi connectivity index (χ0v) is 13.3. The number of nitrogens with two attached hydrogens (primary N) is 1. The minimum Gasteiger partial charge on any atom is -0.497 e. The van der Waals surface area contributed by atoms with Gasteiger partial charge >= 0.3 is 0 Å². The molecule has 0 saturated carbocycles. The van der Waals surface area contributed by atoms with E-state index in [-0.39, 0.29) is 11.9 Å². The molecule has 2 aromatic rings. The Balaban J connectivity index is 2.30. The number of likely N-dealkylation sites (N-methyl/N-ethyl adjacent to an activating group) is 1. The number of nitrogens with zero attached hydrogens (tertiary/aromatic N) is 4. The highest BCUT2D eigenvalue weighted by molar-refractivity contribution is 5.93. The third kappa shape index (κ3) is 2.94. The molecule has 0 spiro atoms. The van der Waals surface area contributed by atoms with Crippen LogP contribution in [0.2, 0.25) is 0 Å². The van der Waals surface area contributed by atoms with E-state index >= 15 is 0 Å². The van der Waals surface area contributed by atoms with Crippen LogP contribution in [0.3, 0.4) is 0 Å². The van der Waals surface area contributed by atoms with Crippen LogP contribution >= 0.6 is 0 Å². The predicted molar refractivity (Wildman–Crippen MR) is 83.3 cm³/mol. The minimum atomic E-state index is -0.185. The van der Waals surface area contributed by atoms with Crippen LogP contribution in [-0.2, 0) is 0 Å². The average molecular weight is 303 g/mol. The van der Waals surface area contributed by atoms with Crippen LogP contribution in [0.1, 0.15) is 23.1 Å². The van der Waals surface area contributed by atoms with Crippen molar-refractivity contribution in [2.24, 2.45) is 5.73 Å². The smallest absolute Gasteiger partial charge is 0.276 e. The summed E-state index contributed by atoms with van der Waals surface area (Å²) in [5.41, 5.74) is 7.44. The maximum absolute atomic E-state index is 12.4. The molecule has 1 atom stereocenters. The van der Waals surface area contributed by atoms with Gasteiger partial charge in [-0.05, 0) is 38.1 Å². The molecule has 0 bridgehead atoms. The van der Waals surface area contributed by atoms with Crippen LogP contribution < -0.4 is 10.5 Å². The maximum Gasteiger partial charge on any atom is 0.276 e. The minimum absolute atomic E-state index is 0.0574. The molecule has 1 unspecified atom stereocenters. The predicted octanol–water partition coefficient (Wildman–Crippen LogP) is 1.00. The Bertz CT molecular complexity index is 650. The van der Waals surface area contributed by atoms with Gasteiger partial charge in [0.05, 0.1) is 18.5 Å². The monoisotopic (exact) mass is 303 g/mol. The lowest BCUT2D eigenvalue weighted by Crippen LogP contribution is -2.40. The van der Waals surface area contributed by atoms with Crippen molar-refractivity contribution in [2.45, 2.75) is 19.9 Å². The van der Waals surface area contributed by atoms with E-state index in [0.717, 1.165) is 11.4 Å². The molecule has 1 heterocycles. The normalized spacial score (nSPS) is 12.0. The van der Waals surface area contributed by atoms with Crippen LogP contribution in [0.4, 0.5) is 0 Å². The molecule has 0 fully saturated rings. The van der Waals surface area contributed by atoms with Crippen molar-refractivity contribution in [1.29, 1.82) is 0 Å². The van der Waals surface area contributed by atoms with E-state index in [4.69, 9.17) is 10.5 Å². The molecule has 1 aromatic heterocycles. The fourth-order valence-corrected chi connectivity index (χ4v) is 2.02. The second-order valence-corrected chi connectivity index (χ2v) is 5.13. The van der Waals surface area contributed by atoms with Crippen molar-refractivity contribution in [3.05, 3.63) is 35.7 Å². The lowest BCUT2D eigenvalue weighted by atomic mass is 10.2. The summed E-state index contributed by atoms with van der Waals surface area (Å²) in [6.45, 7) is 4.10. The highest BCUT2D eigenvalue weighted by Crippen LogP contribution is 2.17. The van der Waals surface area contributed by atoms with Gasteiger partial charge in [-0.2, -0.15) is 0 Å². The standard InChI is InChI=1S/C15H21N5O2/c1-10(9-16)19(3)15(21)14-11(2)20(18-17-14)12-5-7-13(22-4)8-6-12/h5-8,10H,9,16H2,1-4H3. The van der Waals surface area contributed by atoms with Crippen molar-refractivity contribution < 1.29 is 9.53 Å². The number of benzene rings is 1. The van der Waals surface area contributed by atoms with Gasteiger partial charge < -0.3 is 15.4 Å². The first-order valence-electron chi connectivity index (χ1n) is 7.03. The molecule has 0 aliphatic carbocycles. The summed E-state index contributed by atoms with van der Waals surface area (Å²) in [7, 11) is 3.33. The first-order valence-corrected chi connectivity index (χ1v) is 7.03. The molecule has 2 rings (SSSR count). The lowest BCUT2D eigenvalue weighted by Gasteiger charge is -2.22. The SMILES string of the molecule is COc1ccc(-n2nnc(C(=O)N(C)C(C)CN)c2C)cc1. The Morgan fingerprint density at radius 3 is 2.59 bits per heavy atom. The Morgan fingerprint density at radius 1 is 1.41 bits per heavy atom. The Hall–Kier alpha value is -2.41. The second-order valence-electron chi connectivity index (χ2n) is 5.13. The van der Waals surface area contributed by atoms with Crippen molar-refractivity contribution in [3.63, 3.8) is 0 Å². The topological polar surface area (TPSA) is 86.3 Å². The van der Waals surface area contributed by atoms with Crippen molar-refractivity contribution >= 4 is 5.91 Å². The van der Waals surface area contributed by atoms with E-state index < -0.39 is 0 Å². The van der Waals surface area contributed by atoms with Crippen LogP contribution in [0.5, 0.6) is 5.75 Å². The molecule has 0 saturated heterocycles.